The lowest BCUT2D eigenvalue weighted by Gasteiger charge is -2.20. The molecule has 24 heavy (non-hydrogen) atoms. The van der Waals surface area contributed by atoms with Crippen molar-refractivity contribution >= 4 is 17.1 Å². The molecule has 0 aliphatic carbocycles. The number of nitrogens with zero attached hydrogens (tertiary/aromatic N) is 4. The number of aliphatic hydroxyl groups excluding tert-OH is 1. The lowest BCUT2D eigenvalue weighted by molar-refractivity contribution is 0.0901. The molecule has 7 nitrogen and oxygen atoms in total. The highest BCUT2D eigenvalue weighted by Crippen LogP contribution is 2.14. The number of benzene rings is 1. The van der Waals surface area contributed by atoms with E-state index < -0.39 is 0 Å². The summed E-state index contributed by atoms with van der Waals surface area (Å²) >= 11 is 0. The molecule has 2 heterocycles. The zero-order chi connectivity index (χ0) is 16.9. The van der Waals surface area contributed by atoms with Crippen LogP contribution in [-0.4, -0.2) is 50.1 Å². The Morgan fingerprint density at radius 2 is 2.00 bits per heavy atom. The van der Waals surface area contributed by atoms with Crippen LogP contribution >= 0.6 is 0 Å². The summed E-state index contributed by atoms with van der Waals surface area (Å²) in [5.74, 6) is 0.248. The molecule has 0 atom stereocenters. The van der Waals surface area contributed by atoms with Gasteiger partial charge in [-0.3, -0.25) is 9.69 Å². The van der Waals surface area contributed by atoms with Crippen LogP contribution in [-0.2, 0) is 6.54 Å². The highest BCUT2D eigenvalue weighted by molar-refractivity contribution is 5.97. The van der Waals surface area contributed by atoms with E-state index in [4.69, 9.17) is 5.73 Å². The normalized spacial score (nSPS) is 11.2. The van der Waals surface area contributed by atoms with Gasteiger partial charge in [-0.05, 0) is 17.7 Å². The van der Waals surface area contributed by atoms with Crippen molar-refractivity contribution in [3.05, 3.63) is 60.0 Å². The molecule has 0 radical (unpaired) electrons. The van der Waals surface area contributed by atoms with E-state index in [-0.39, 0.29) is 18.9 Å². The highest BCUT2D eigenvalue weighted by Gasteiger charge is 2.17. The Kier molecular flexibility index (Phi) is 4.83. The molecule has 0 bridgehead atoms. The predicted molar refractivity (Wildman–Crippen MR) is 90.5 cm³/mol. The number of hydrogen-bond acceptors (Lipinski definition) is 6. The van der Waals surface area contributed by atoms with Gasteiger partial charge in [0, 0.05) is 13.1 Å². The fourth-order valence-corrected chi connectivity index (χ4v) is 2.65. The number of hydrogen-bond donors (Lipinski definition) is 2. The van der Waals surface area contributed by atoms with Crippen LogP contribution in [0.4, 0.5) is 5.82 Å². The largest absolute Gasteiger partial charge is 0.395 e. The predicted octanol–water partition coefficient (Wildman–Crippen LogP) is 0.989. The van der Waals surface area contributed by atoms with Crippen LogP contribution in [0.15, 0.2) is 48.8 Å². The van der Waals surface area contributed by atoms with Crippen LogP contribution < -0.4 is 5.73 Å². The molecule has 7 heteroatoms. The summed E-state index contributed by atoms with van der Waals surface area (Å²) in [6, 6.07) is 13.3. The third-order valence-electron chi connectivity index (χ3n) is 3.80. The zero-order valence-electron chi connectivity index (χ0n) is 13.2. The first-order valence-corrected chi connectivity index (χ1v) is 7.67. The second-order valence-electron chi connectivity index (χ2n) is 5.50. The van der Waals surface area contributed by atoms with Crippen LogP contribution in [0.1, 0.15) is 16.1 Å². The summed E-state index contributed by atoms with van der Waals surface area (Å²) in [5, 5.41) is 13.4. The third kappa shape index (κ3) is 3.42. The van der Waals surface area contributed by atoms with Crippen molar-refractivity contribution in [3.63, 3.8) is 0 Å². The first kappa shape index (κ1) is 16.1. The second-order valence-corrected chi connectivity index (χ2v) is 5.50. The van der Waals surface area contributed by atoms with Gasteiger partial charge in [-0.15, -0.1) is 0 Å². The van der Waals surface area contributed by atoms with Crippen LogP contribution in [0.2, 0.25) is 0 Å². The number of aromatic nitrogens is 3. The van der Waals surface area contributed by atoms with Crippen LogP contribution in [0.25, 0.3) is 5.52 Å². The smallest absolute Gasteiger partial charge is 0.195 e. The lowest BCUT2D eigenvalue weighted by atomic mass is 10.2. The van der Waals surface area contributed by atoms with E-state index in [1.165, 1.54) is 10.8 Å². The molecule has 1 aromatic carbocycles. The molecule has 0 fully saturated rings. The minimum atomic E-state index is -0.0857. The maximum Gasteiger partial charge on any atom is 0.195 e. The Bertz CT molecular complexity index is 831. The van der Waals surface area contributed by atoms with Gasteiger partial charge in [0.15, 0.2) is 11.6 Å². The van der Waals surface area contributed by atoms with E-state index >= 15 is 0 Å². The quantitative estimate of drug-likeness (QED) is 0.629. The summed E-state index contributed by atoms with van der Waals surface area (Å²) in [6.07, 6.45) is 1.33. The van der Waals surface area contributed by atoms with Crippen LogP contribution in [0.5, 0.6) is 0 Å². The van der Waals surface area contributed by atoms with Gasteiger partial charge in [0.2, 0.25) is 0 Å². The molecule has 3 N–H and O–H groups in total. The van der Waals surface area contributed by atoms with Gasteiger partial charge in [-0.1, -0.05) is 30.3 Å². The maximum absolute atomic E-state index is 12.7. The van der Waals surface area contributed by atoms with Crippen LogP contribution in [0.3, 0.4) is 0 Å². The minimum absolute atomic E-state index is 0.00979. The SMILES string of the molecule is Nc1ncnn2c(C(=O)CN(CCO)Cc3ccccc3)ccc12. The van der Waals surface area contributed by atoms with E-state index in [0.29, 0.717) is 30.1 Å². The van der Waals surface area contributed by atoms with Gasteiger partial charge in [0.1, 0.15) is 17.5 Å². The van der Waals surface area contributed by atoms with Gasteiger partial charge in [-0.2, -0.15) is 5.10 Å². The molecule has 0 saturated heterocycles. The number of nitrogen functional groups attached to an aromatic ring is 1. The number of ketones is 1. The molecule has 0 aliphatic heterocycles. The molecule has 3 rings (SSSR count). The first-order chi connectivity index (χ1) is 11.7. The molecule has 0 amide bonds. The monoisotopic (exact) mass is 325 g/mol. The Hall–Kier alpha value is -2.77. The summed E-state index contributed by atoms with van der Waals surface area (Å²) in [7, 11) is 0. The fraction of sp³-hybridized carbons (Fsp3) is 0.235. The number of aliphatic hydroxyl groups is 1. The van der Waals surface area contributed by atoms with E-state index in [9.17, 15) is 9.90 Å². The molecule has 0 aliphatic rings. The van der Waals surface area contributed by atoms with Gasteiger partial charge in [-0.25, -0.2) is 9.50 Å². The highest BCUT2D eigenvalue weighted by atomic mass is 16.3. The number of anilines is 1. The summed E-state index contributed by atoms with van der Waals surface area (Å²) in [4.78, 5) is 18.5. The molecule has 0 spiro atoms. The Labute approximate surface area is 139 Å². The summed E-state index contributed by atoms with van der Waals surface area (Å²) < 4.78 is 1.50. The number of carbonyl (C=O) groups excluding carboxylic acids is 1. The zero-order valence-corrected chi connectivity index (χ0v) is 13.2. The summed E-state index contributed by atoms with van der Waals surface area (Å²) in [5.41, 5.74) is 7.95. The minimum Gasteiger partial charge on any atom is -0.395 e. The van der Waals surface area contributed by atoms with Gasteiger partial charge in [0.25, 0.3) is 0 Å². The molecule has 3 aromatic rings. The van der Waals surface area contributed by atoms with Crippen molar-refractivity contribution in [1.29, 1.82) is 0 Å². The number of Topliss-reactive ketones (excluding diaryl/α,β-unsaturated/α-hetero) is 1. The fourth-order valence-electron chi connectivity index (χ4n) is 2.65. The van der Waals surface area contributed by atoms with E-state index in [1.54, 1.807) is 12.1 Å². The van der Waals surface area contributed by atoms with E-state index in [1.807, 2.05) is 35.2 Å². The number of carbonyl (C=O) groups is 1. The lowest BCUT2D eigenvalue weighted by Crippen LogP contribution is -2.32. The van der Waals surface area contributed by atoms with Crippen molar-refractivity contribution in [2.24, 2.45) is 0 Å². The Balaban J connectivity index is 1.78. The molecular weight excluding hydrogens is 306 g/mol. The maximum atomic E-state index is 12.7. The van der Waals surface area contributed by atoms with Crippen molar-refractivity contribution < 1.29 is 9.90 Å². The topological polar surface area (TPSA) is 96.8 Å². The number of fused-ring (bicyclic) bond motifs is 1. The number of rotatable bonds is 7. The average Bonchev–Trinajstić information content (AvgIpc) is 3.01. The van der Waals surface area contributed by atoms with Crippen molar-refractivity contribution in [1.82, 2.24) is 19.5 Å². The average molecular weight is 325 g/mol. The molecule has 0 unspecified atom stereocenters. The Morgan fingerprint density at radius 1 is 1.21 bits per heavy atom. The first-order valence-electron chi connectivity index (χ1n) is 7.67. The van der Waals surface area contributed by atoms with Gasteiger partial charge < -0.3 is 10.8 Å². The van der Waals surface area contributed by atoms with Gasteiger partial charge >= 0.3 is 0 Å². The van der Waals surface area contributed by atoms with Crippen molar-refractivity contribution in [2.45, 2.75) is 6.54 Å². The van der Waals surface area contributed by atoms with Crippen LogP contribution in [0, 0.1) is 0 Å². The molecule has 2 aromatic heterocycles. The van der Waals surface area contributed by atoms with E-state index in [2.05, 4.69) is 10.1 Å². The van der Waals surface area contributed by atoms with Crippen molar-refractivity contribution in [3.8, 4) is 0 Å². The standard InChI is InChI=1S/C17H19N5O2/c18-17-15-7-6-14(22(15)20-12-19-17)16(24)11-21(8-9-23)10-13-4-2-1-3-5-13/h1-7,12,23H,8-11H2,(H2,18,19,20). The summed E-state index contributed by atoms with van der Waals surface area (Å²) in [6.45, 7) is 1.18. The Morgan fingerprint density at radius 3 is 2.75 bits per heavy atom. The molecular formula is C17H19N5O2. The molecule has 124 valence electrons. The van der Waals surface area contributed by atoms with E-state index in [0.717, 1.165) is 5.56 Å². The molecule has 0 saturated carbocycles. The third-order valence-corrected chi connectivity index (χ3v) is 3.80. The van der Waals surface area contributed by atoms with Crippen molar-refractivity contribution in [2.75, 3.05) is 25.4 Å². The van der Waals surface area contributed by atoms with Gasteiger partial charge in [0.05, 0.1) is 13.2 Å². The second kappa shape index (κ2) is 7.20. The number of nitrogens with two attached hydrogens (primary N) is 1.